The van der Waals surface area contributed by atoms with Gasteiger partial charge in [0, 0.05) is 22.6 Å². The second-order valence-electron chi connectivity index (χ2n) is 3.94. The second-order valence-corrected chi connectivity index (χ2v) is 4.43. The lowest BCUT2D eigenvalue weighted by atomic mass is 10.1. The Bertz CT molecular complexity index is 697. The van der Waals surface area contributed by atoms with E-state index in [0.717, 1.165) is 0 Å². The van der Waals surface area contributed by atoms with Crippen LogP contribution in [-0.4, -0.2) is 38.3 Å². The second kappa shape index (κ2) is 5.70. The van der Waals surface area contributed by atoms with Crippen LogP contribution in [0.4, 0.5) is 5.69 Å². The lowest BCUT2D eigenvalue weighted by Gasteiger charge is -2.04. The Morgan fingerprint density at radius 3 is 2.85 bits per heavy atom. The monoisotopic (exact) mass is 294 g/mol. The number of aromatic amines is 1. The van der Waals surface area contributed by atoms with Crippen LogP contribution in [0.1, 0.15) is 18.4 Å². The van der Waals surface area contributed by atoms with Crippen LogP contribution in [0.3, 0.4) is 0 Å². The van der Waals surface area contributed by atoms with E-state index in [2.05, 4.69) is 20.1 Å². The zero-order valence-corrected chi connectivity index (χ0v) is 11.3. The molecule has 9 heteroatoms. The van der Waals surface area contributed by atoms with Crippen molar-refractivity contribution >= 4 is 39.8 Å². The molecule has 1 N–H and O–H groups in total. The average molecular weight is 294 g/mol. The predicted octanol–water partition coefficient (Wildman–Crippen LogP) is 1.54. The summed E-state index contributed by atoms with van der Waals surface area (Å²) in [6.45, 7) is 0. The summed E-state index contributed by atoms with van der Waals surface area (Å²) in [5, 5.41) is 21.0. The number of methoxy groups -OCH3 is 1. The number of fused-ring (bicyclic) bond motifs is 1. The molecule has 2 rings (SSSR count). The number of benzene rings is 1. The normalized spacial score (nSPS) is 10.4. The molecule has 20 heavy (non-hydrogen) atoms. The van der Waals surface area contributed by atoms with Gasteiger partial charge in [0.15, 0.2) is 0 Å². The van der Waals surface area contributed by atoms with Gasteiger partial charge in [-0.05, 0) is 6.42 Å². The lowest BCUT2D eigenvalue weighted by molar-refractivity contribution is -0.384. The molecule has 0 spiro atoms. The van der Waals surface area contributed by atoms with Crippen LogP contribution in [0.5, 0.6) is 0 Å². The van der Waals surface area contributed by atoms with Crippen molar-refractivity contribution in [3.05, 3.63) is 27.8 Å². The first kappa shape index (κ1) is 14.0. The largest absolute Gasteiger partial charge is 0.469 e. The van der Waals surface area contributed by atoms with Crippen LogP contribution < -0.4 is 0 Å². The summed E-state index contributed by atoms with van der Waals surface area (Å²) >= 11 is 5.21. The molecule has 1 aromatic heterocycles. The maximum atomic E-state index is 11.1. The minimum Gasteiger partial charge on any atom is -0.469 e. The number of ether oxygens (including phenoxy) is 1. The quantitative estimate of drug-likeness (QED) is 0.292. The van der Waals surface area contributed by atoms with E-state index in [-0.39, 0.29) is 18.5 Å². The molecule has 0 atom stereocenters. The van der Waals surface area contributed by atoms with Gasteiger partial charge in [0.05, 0.1) is 18.5 Å². The van der Waals surface area contributed by atoms with E-state index in [1.807, 2.05) is 0 Å². The Kier molecular flexibility index (Phi) is 3.99. The lowest BCUT2D eigenvalue weighted by Crippen LogP contribution is -2.06. The Hall–Kier alpha value is -2.42. The minimum atomic E-state index is -0.527. The molecule has 0 aliphatic carbocycles. The number of H-pyrrole nitrogens is 1. The molecule has 1 heterocycles. The number of nitro groups is 1. The van der Waals surface area contributed by atoms with Crippen LogP contribution in [0.15, 0.2) is 12.1 Å². The summed E-state index contributed by atoms with van der Waals surface area (Å²) in [6.07, 6.45) is 0.364. The molecule has 0 fully saturated rings. The van der Waals surface area contributed by atoms with Crippen molar-refractivity contribution in [3.8, 4) is 0 Å². The van der Waals surface area contributed by atoms with E-state index < -0.39 is 10.9 Å². The third-order valence-corrected chi connectivity index (χ3v) is 3.13. The van der Waals surface area contributed by atoms with Crippen LogP contribution >= 0.6 is 12.2 Å². The van der Waals surface area contributed by atoms with Gasteiger partial charge in [0.25, 0.3) is 5.69 Å². The molecule has 0 saturated heterocycles. The van der Waals surface area contributed by atoms with E-state index >= 15 is 0 Å². The number of thiocarbonyl (C=S) groups is 1. The zero-order chi connectivity index (χ0) is 14.7. The first-order valence-electron chi connectivity index (χ1n) is 5.62. The van der Waals surface area contributed by atoms with Gasteiger partial charge >= 0.3 is 5.97 Å². The third kappa shape index (κ3) is 2.77. The van der Waals surface area contributed by atoms with Crippen molar-refractivity contribution in [2.75, 3.05) is 7.11 Å². The molecular formula is C11H10N4O4S. The highest BCUT2D eigenvalue weighted by Crippen LogP contribution is 2.24. The molecule has 0 amide bonds. The van der Waals surface area contributed by atoms with Gasteiger partial charge in [-0.1, -0.05) is 12.2 Å². The summed E-state index contributed by atoms with van der Waals surface area (Å²) in [5.41, 5.74) is 1.11. The summed E-state index contributed by atoms with van der Waals surface area (Å²) in [6, 6.07) is 2.65. The fourth-order valence-electron chi connectivity index (χ4n) is 1.71. The number of nitrogens with one attached hydrogen (secondary N) is 1. The van der Waals surface area contributed by atoms with E-state index in [1.165, 1.54) is 19.2 Å². The van der Waals surface area contributed by atoms with Gasteiger partial charge in [0.2, 0.25) is 0 Å². The Balaban J connectivity index is 2.36. The van der Waals surface area contributed by atoms with Crippen LogP contribution in [0.2, 0.25) is 0 Å². The van der Waals surface area contributed by atoms with Gasteiger partial charge in [0.1, 0.15) is 11.0 Å². The number of nitro benzene ring substituents is 1. The number of carbonyl (C=O) groups is 1. The first-order chi connectivity index (χ1) is 9.52. The SMILES string of the molecule is COC(=O)CCC(=S)c1cc([N+](=O)[O-])cc2n[nH]nc12. The number of non-ortho nitro benzene ring substituents is 1. The maximum Gasteiger partial charge on any atom is 0.305 e. The van der Waals surface area contributed by atoms with E-state index in [0.29, 0.717) is 21.5 Å². The number of nitrogens with zero attached hydrogens (tertiary/aromatic N) is 3. The summed E-state index contributed by atoms with van der Waals surface area (Å²) in [5.74, 6) is -0.394. The number of rotatable bonds is 5. The van der Waals surface area contributed by atoms with Gasteiger partial charge in [-0.15, -0.1) is 0 Å². The number of esters is 1. The van der Waals surface area contributed by atoms with Gasteiger partial charge in [-0.3, -0.25) is 14.9 Å². The van der Waals surface area contributed by atoms with Gasteiger partial charge < -0.3 is 4.74 Å². The predicted molar refractivity (Wildman–Crippen MR) is 73.5 cm³/mol. The molecule has 104 valence electrons. The van der Waals surface area contributed by atoms with Crippen molar-refractivity contribution in [1.82, 2.24) is 15.4 Å². The fraction of sp³-hybridized carbons (Fsp3) is 0.273. The van der Waals surface area contributed by atoms with Crippen molar-refractivity contribution < 1.29 is 14.5 Å². The topological polar surface area (TPSA) is 111 Å². The van der Waals surface area contributed by atoms with Gasteiger partial charge in [-0.25, -0.2) is 0 Å². The van der Waals surface area contributed by atoms with Crippen molar-refractivity contribution in [3.63, 3.8) is 0 Å². The van der Waals surface area contributed by atoms with Crippen LogP contribution in [-0.2, 0) is 9.53 Å². The maximum absolute atomic E-state index is 11.1. The zero-order valence-electron chi connectivity index (χ0n) is 10.5. The third-order valence-electron chi connectivity index (χ3n) is 2.70. The van der Waals surface area contributed by atoms with Crippen molar-refractivity contribution in [2.45, 2.75) is 12.8 Å². The van der Waals surface area contributed by atoms with Gasteiger partial charge in [-0.2, -0.15) is 15.4 Å². The smallest absolute Gasteiger partial charge is 0.305 e. The number of carbonyl (C=O) groups excluding carboxylic acids is 1. The first-order valence-corrected chi connectivity index (χ1v) is 6.02. The Morgan fingerprint density at radius 1 is 1.45 bits per heavy atom. The minimum absolute atomic E-state index is 0.109. The molecule has 1 aromatic carbocycles. The molecule has 8 nitrogen and oxygen atoms in total. The fourth-order valence-corrected chi connectivity index (χ4v) is 1.96. The summed E-state index contributed by atoms with van der Waals surface area (Å²) in [7, 11) is 1.29. The molecular weight excluding hydrogens is 284 g/mol. The highest BCUT2D eigenvalue weighted by atomic mass is 32.1. The van der Waals surface area contributed by atoms with Crippen LogP contribution in [0, 0.1) is 10.1 Å². The molecule has 0 radical (unpaired) electrons. The van der Waals surface area contributed by atoms with E-state index in [9.17, 15) is 14.9 Å². The molecule has 0 aliphatic heterocycles. The highest BCUT2D eigenvalue weighted by molar-refractivity contribution is 7.80. The molecule has 0 aliphatic rings. The van der Waals surface area contributed by atoms with Crippen molar-refractivity contribution in [2.24, 2.45) is 0 Å². The molecule has 0 bridgehead atoms. The summed E-state index contributed by atoms with van der Waals surface area (Å²) in [4.78, 5) is 21.9. The number of aromatic nitrogens is 3. The molecule has 0 unspecified atom stereocenters. The number of hydrogen-bond acceptors (Lipinski definition) is 7. The summed E-state index contributed by atoms with van der Waals surface area (Å²) < 4.78 is 4.53. The Morgan fingerprint density at radius 2 is 2.20 bits per heavy atom. The number of hydrogen-bond donors (Lipinski definition) is 1. The molecule has 0 saturated carbocycles. The average Bonchev–Trinajstić information content (AvgIpc) is 2.91. The highest BCUT2D eigenvalue weighted by Gasteiger charge is 2.17. The van der Waals surface area contributed by atoms with Crippen LogP contribution in [0.25, 0.3) is 11.0 Å². The van der Waals surface area contributed by atoms with E-state index in [1.54, 1.807) is 0 Å². The Labute approximate surface area is 118 Å². The molecule has 2 aromatic rings. The standard InChI is InChI=1S/C11H10N4O4S/c1-19-10(16)3-2-9(20)7-4-6(15(17)18)5-8-11(7)13-14-12-8/h4-5H,2-3H2,1H3,(H,12,13,14). The van der Waals surface area contributed by atoms with Crippen molar-refractivity contribution in [1.29, 1.82) is 0 Å². The van der Waals surface area contributed by atoms with E-state index in [4.69, 9.17) is 12.2 Å².